The standard InChI is InChI=1S/C26H24N4O5/c31-20(16-4-2-1-3-5-16)14-27-26(33)21-11-9-17-8-10-19(12-22(17)35-21)34-24-13-23(28-15-29-24)30-25(32)18-6-7-18/h1-5,8,10,12-13,15,18,21H,6-7,9,11,14H2,(H,27,33)(H,28,29,30,32). The molecule has 3 aromatic rings. The Kier molecular flexibility index (Phi) is 6.38. The molecule has 5 rings (SSSR count). The molecular formula is C26H24N4O5. The highest BCUT2D eigenvalue weighted by molar-refractivity contribution is 5.99. The Morgan fingerprint density at radius 3 is 2.60 bits per heavy atom. The molecule has 0 spiro atoms. The third-order valence-electron chi connectivity index (χ3n) is 5.86. The zero-order valence-corrected chi connectivity index (χ0v) is 18.9. The van der Waals surface area contributed by atoms with Crippen LogP contribution in [0.5, 0.6) is 17.4 Å². The van der Waals surface area contributed by atoms with Gasteiger partial charge < -0.3 is 20.1 Å². The van der Waals surface area contributed by atoms with Crippen molar-refractivity contribution in [2.24, 2.45) is 5.92 Å². The molecule has 1 unspecified atom stereocenters. The smallest absolute Gasteiger partial charge is 0.261 e. The van der Waals surface area contributed by atoms with Gasteiger partial charge in [-0.05, 0) is 37.3 Å². The van der Waals surface area contributed by atoms with Crippen molar-refractivity contribution in [3.05, 3.63) is 72.1 Å². The van der Waals surface area contributed by atoms with Gasteiger partial charge in [0.05, 0.1) is 6.54 Å². The first-order valence-corrected chi connectivity index (χ1v) is 11.5. The van der Waals surface area contributed by atoms with Gasteiger partial charge >= 0.3 is 0 Å². The van der Waals surface area contributed by atoms with Crippen LogP contribution in [-0.4, -0.2) is 40.2 Å². The van der Waals surface area contributed by atoms with Crippen LogP contribution in [0.25, 0.3) is 0 Å². The van der Waals surface area contributed by atoms with Gasteiger partial charge in [0.2, 0.25) is 11.8 Å². The summed E-state index contributed by atoms with van der Waals surface area (Å²) in [4.78, 5) is 45.0. The molecule has 9 nitrogen and oxygen atoms in total. The second kappa shape index (κ2) is 9.92. The SMILES string of the molecule is O=C(CNC(=O)C1CCc2ccc(Oc3cc(NC(=O)C4CC4)ncn3)cc2O1)c1ccccc1. The zero-order chi connectivity index (χ0) is 24.2. The molecule has 2 heterocycles. The average molecular weight is 473 g/mol. The van der Waals surface area contributed by atoms with Gasteiger partial charge in [-0.1, -0.05) is 36.4 Å². The number of carbonyl (C=O) groups excluding carboxylic acids is 3. The molecule has 9 heteroatoms. The van der Waals surface area contributed by atoms with E-state index in [1.54, 1.807) is 42.5 Å². The van der Waals surface area contributed by atoms with Gasteiger partial charge in [-0.15, -0.1) is 0 Å². The topological polar surface area (TPSA) is 120 Å². The van der Waals surface area contributed by atoms with E-state index in [-0.39, 0.29) is 35.9 Å². The zero-order valence-electron chi connectivity index (χ0n) is 18.9. The molecule has 0 bridgehead atoms. The summed E-state index contributed by atoms with van der Waals surface area (Å²) < 4.78 is 11.8. The number of ketones is 1. The number of ether oxygens (including phenoxy) is 2. The summed E-state index contributed by atoms with van der Waals surface area (Å²) in [5.41, 5.74) is 1.51. The molecule has 178 valence electrons. The Bertz CT molecular complexity index is 1260. The van der Waals surface area contributed by atoms with E-state index in [0.29, 0.717) is 35.7 Å². The number of fused-ring (bicyclic) bond motifs is 1. The molecule has 1 atom stereocenters. The lowest BCUT2D eigenvalue weighted by Crippen LogP contribution is -2.42. The van der Waals surface area contributed by atoms with Crippen LogP contribution in [-0.2, 0) is 16.0 Å². The van der Waals surface area contributed by atoms with Crippen LogP contribution in [0.2, 0.25) is 0 Å². The fourth-order valence-electron chi connectivity index (χ4n) is 3.76. The monoisotopic (exact) mass is 472 g/mol. The molecule has 1 aliphatic heterocycles. The van der Waals surface area contributed by atoms with Crippen molar-refractivity contribution in [2.75, 3.05) is 11.9 Å². The highest BCUT2D eigenvalue weighted by Gasteiger charge is 2.30. The van der Waals surface area contributed by atoms with Crippen LogP contribution >= 0.6 is 0 Å². The van der Waals surface area contributed by atoms with Crippen LogP contribution in [0.1, 0.15) is 35.2 Å². The lowest BCUT2D eigenvalue weighted by atomic mass is 10.0. The number of aromatic nitrogens is 2. The summed E-state index contributed by atoms with van der Waals surface area (Å²) in [6, 6.07) is 15.8. The summed E-state index contributed by atoms with van der Waals surface area (Å²) in [6.45, 7) is -0.0912. The number of anilines is 1. The first-order chi connectivity index (χ1) is 17.0. The molecule has 2 N–H and O–H groups in total. The molecule has 0 saturated heterocycles. The van der Waals surface area contributed by atoms with Gasteiger partial charge in [0.15, 0.2) is 11.9 Å². The van der Waals surface area contributed by atoms with Crippen LogP contribution in [0.4, 0.5) is 5.82 Å². The second-order valence-electron chi connectivity index (χ2n) is 8.53. The summed E-state index contributed by atoms with van der Waals surface area (Å²) in [5.74, 6) is 1.18. The normalized spacial score (nSPS) is 16.4. The lowest BCUT2D eigenvalue weighted by molar-refractivity contribution is -0.128. The Morgan fingerprint density at radius 1 is 0.971 bits per heavy atom. The number of benzene rings is 2. The Labute approximate surface area is 201 Å². The maximum atomic E-state index is 12.6. The summed E-state index contributed by atoms with van der Waals surface area (Å²) in [7, 11) is 0. The average Bonchev–Trinajstić information content (AvgIpc) is 3.73. The van der Waals surface area contributed by atoms with Crippen molar-refractivity contribution in [3.63, 3.8) is 0 Å². The highest BCUT2D eigenvalue weighted by atomic mass is 16.5. The van der Waals surface area contributed by atoms with Crippen LogP contribution < -0.4 is 20.1 Å². The van der Waals surface area contributed by atoms with E-state index < -0.39 is 6.10 Å². The minimum atomic E-state index is -0.704. The van der Waals surface area contributed by atoms with E-state index in [4.69, 9.17) is 9.47 Å². The molecular weight excluding hydrogens is 448 g/mol. The van der Waals surface area contributed by atoms with Gasteiger partial charge in [-0.25, -0.2) is 9.97 Å². The summed E-state index contributed by atoms with van der Waals surface area (Å²) >= 11 is 0. The third-order valence-corrected chi connectivity index (χ3v) is 5.86. The molecule has 35 heavy (non-hydrogen) atoms. The number of carbonyl (C=O) groups is 3. The van der Waals surface area contributed by atoms with E-state index in [0.717, 1.165) is 18.4 Å². The van der Waals surface area contributed by atoms with E-state index in [1.165, 1.54) is 6.33 Å². The quantitative estimate of drug-likeness (QED) is 0.483. The summed E-state index contributed by atoms with van der Waals surface area (Å²) in [6.07, 6.45) is 3.59. The number of hydrogen-bond donors (Lipinski definition) is 2. The van der Waals surface area contributed by atoms with Crippen LogP contribution in [0.3, 0.4) is 0 Å². The third kappa shape index (κ3) is 5.63. The van der Waals surface area contributed by atoms with Gasteiger partial charge in [0.1, 0.15) is 23.6 Å². The minimum Gasteiger partial charge on any atom is -0.480 e. The van der Waals surface area contributed by atoms with E-state index in [2.05, 4.69) is 20.6 Å². The Hall–Kier alpha value is -4.27. The number of rotatable bonds is 8. The number of Topliss-reactive ketones (excluding diaryl/α,β-unsaturated/α-hetero) is 1. The van der Waals surface area contributed by atoms with Gasteiger partial charge in [0, 0.05) is 23.6 Å². The Balaban J connectivity index is 1.19. The molecule has 1 saturated carbocycles. The van der Waals surface area contributed by atoms with Crippen molar-refractivity contribution in [2.45, 2.75) is 31.8 Å². The molecule has 0 radical (unpaired) electrons. The fourth-order valence-corrected chi connectivity index (χ4v) is 3.76. The molecule has 2 aromatic carbocycles. The fraction of sp³-hybridized carbons (Fsp3) is 0.269. The first kappa shape index (κ1) is 22.5. The molecule has 2 amide bonds. The number of amides is 2. The van der Waals surface area contributed by atoms with Crippen molar-refractivity contribution in [3.8, 4) is 17.4 Å². The number of nitrogens with one attached hydrogen (secondary N) is 2. The van der Waals surface area contributed by atoms with E-state index in [1.807, 2.05) is 12.1 Å². The molecule has 1 fully saturated rings. The predicted molar refractivity (Wildman–Crippen MR) is 126 cm³/mol. The second-order valence-corrected chi connectivity index (χ2v) is 8.53. The van der Waals surface area contributed by atoms with Crippen molar-refractivity contribution in [1.82, 2.24) is 15.3 Å². The van der Waals surface area contributed by atoms with Crippen molar-refractivity contribution < 1.29 is 23.9 Å². The maximum Gasteiger partial charge on any atom is 0.261 e. The lowest BCUT2D eigenvalue weighted by Gasteiger charge is -2.25. The predicted octanol–water partition coefficient (Wildman–Crippen LogP) is 3.31. The van der Waals surface area contributed by atoms with Gasteiger partial charge in [-0.2, -0.15) is 0 Å². The number of hydrogen-bond acceptors (Lipinski definition) is 7. The van der Waals surface area contributed by atoms with Crippen LogP contribution in [0.15, 0.2) is 60.9 Å². The van der Waals surface area contributed by atoms with E-state index in [9.17, 15) is 14.4 Å². The molecule has 2 aliphatic rings. The van der Waals surface area contributed by atoms with Crippen LogP contribution in [0, 0.1) is 5.92 Å². The number of nitrogens with zero attached hydrogens (tertiary/aromatic N) is 2. The molecule has 1 aromatic heterocycles. The highest BCUT2D eigenvalue weighted by Crippen LogP contribution is 2.33. The first-order valence-electron chi connectivity index (χ1n) is 11.5. The van der Waals surface area contributed by atoms with Gasteiger partial charge in [-0.3, -0.25) is 14.4 Å². The minimum absolute atomic E-state index is 0.0494. The van der Waals surface area contributed by atoms with Crippen molar-refractivity contribution >= 4 is 23.4 Å². The van der Waals surface area contributed by atoms with Crippen molar-refractivity contribution in [1.29, 1.82) is 0 Å². The van der Waals surface area contributed by atoms with Gasteiger partial charge in [0.25, 0.3) is 5.91 Å². The van der Waals surface area contributed by atoms with E-state index >= 15 is 0 Å². The summed E-state index contributed by atoms with van der Waals surface area (Å²) in [5, 5.41) is 5.44. The number of aryl methyl sites for hydroxylation is 1. The maximum absolute atomic E-state index is 12.6. The Morgan fingerprint density at radius 2 is 1.80 bits per heavy atom. The molecule has 1 aliphatic carbocycles. The largest absolute Gasteiger partial charge is 0.480 e.